The molecule has 5 aromatic rings. The van der Waals surface area contributed by atoms with Gasteiger partial charge in [-0.3, -0.25) is 0 Å². The van der Waals surface area contributed by atoms with E-state index in [2.05, 4.69) is 68.7 Å². The number of aromatic amines is 1. The molecule has 2 N–H and O–H groups in total. The molecule has 7 heteroatoms. The zero-order valence-corrected chi connectivity index (χ0v) is 17.4. The summed E-state index contributed by atoms with van der Waals surface area (Å²) in [4.78, 5) is 12.6. The lowest BCUT2D eigenvalue weighted by Gasteiger charge is -2.02. The number of aromatic nitrogens is 3. The molecule has 0 bridgehead atoms. The van der Waals surface area contributed by atoms with E-state index in [0.29, 0.717) is 11.5 Å². The molecule has 2 aromatic carbocycles. The number of H-pyrrole nitrogens is 1. The average Bonchev–Trinajstić information content (AvgIpc) is 3.33. The number of nitrogens with one attached hydrogen (secondary N) is 1. The smallest absolute Gasteiger partial charge is 0.218 e. The monoisotopic (exact) mass is 413 g/mol. The Hall–Kier alpha value is -3.58. The van der Waals surface area contributed by atoms with Crippen LogP contribution >= 0.6 is 11.3 Å². The van der Waals surface area contributed by atoms with Gasteiger partial charge in [0, 0.05) is 16.3 Å². The SMILES string of the molecule is CCc1ccc2[nH]c(O)c(N=Nc3ncnc4scc(-c5ccc(C)cc5)c34)c2c1. The third kappa shape index (κ3) is 3.13. The van der Waals surface area contributed by atoms with Gasteiger partial charge < -0.3 is 10.1 Å². The van der Waals surface area contributed by atoms with Gasteiger partial charge in [0.05, 0.1) is 10.9 Å². The third-order valence-corrected chi connectivity index (χ3v) is 6.07. The van der Waals surface area contributed by atoms with Gasteiger partial charge in [0.2, 0.25) is 5.88 Å². The average molecular weight is 414 g/mol. The second-order valence-electron chi connectivity index (χ2n) is 7.15. The van der Waals surface area contributed by atoms with Crippen LogP contribution in [0.5, 0.6) is 5.88 Å². The topological polar surface area (TPSA) is 86.5 Å². The first-order chi connectivity index (χ1) is 14.6. The number of aryl methyl sites for hydroxylation is 2. The van der Waals surface area contributed by atoms with Gasteiger partial charge in [-0.05, 0) is 36.6 Å². The van der Waals surface area contributed by atoms with Crippen LogP contribution in [0.2, 0.25) is 0 Å². The molecule has 0 fully saturated rings. The minimum Gasteiger partial charge on any atom is -0.493 e. The van der Waals surface area contributed by atoms with Crippen molar-refractivity contribution in [1.29, 1.82) is 0 Å². The zero-order valence-electron chi connectivity index (χ0n) is 16.5. The van der Waals surface area contributed by atoms with E-state index in [1.54, 1.807) is 11.3 Å². The summed E-state index contributed by atoms with van der Waals surface area (Å²) in [5.41, 5.74) is 5.72. The Bertz CT molecular complexity index is 1400. The molecule has 0 atom stereocenters. The molecule has 148 valence electrons. The second-order valence-corrected chi connectivity index (χ2v) is 8.01. The van der Waals surface area contributed by atoms with Crippen LogP contribution in [0.3, 0.4) is 0 Å². The Morgan fingerprint density at radius 3 is 2.70 bits per heavy atom. The molecule has 0 spiro atoms. The summed E-state index contributed by atoms with van der Waals surface area (Å²) in [5, 5.41) is 22.9. The van der Waals surface area contributed by atoms with Crippen molar-refractivity contribution in [2.75, 3.05) is 0 Å². The molecule has 0 radical (unpaired) electrons. The van der Waals surface area contributed by atoms with Crippen molar-refractivity contribution in [3.8, 4) is 17.0 Å². The van der Waals surface area contributed by atoms with Crippen LogP contribution in [0.1, 0.15) is 18.1 Å². The maximum atomic E-state index is 10.4. The maximum Gasteiger partial charge on any atom is 0.218 e. The molecule has 3 heterocycles. The van der Waals surface area contributed by atoms with Crippen LogP contribution in [-0.4, -0.2) is 20.1 Å². The number of rotatable bonds is 4. The number of aromatic hydroxyl groups is 1. The molecule has 0 aliphatic rings. The Kier molecular flexibility index (Phi) is 4.52. The molecule has 0 aliphatic carbocycles. The highest BCUT2D eigenvalue weighted by Gasteiger charge is 2.15. The zero-order chi connectivity index (χ0) is 20.7. The first-order valence-corrected chi connectivity index (χ1v) is 10.6. The molecule has 0 amide bonds. The molecular weight excluding hydrogens is 394 g/mol. The molecular formula is C23H19N5OS. The van der Waals surface area contributed by atoms with Gasteiger partial charge in [0.25, 0.3) is 0 Å². The highest BCUT2D eigenvalue weighted by Crippen LogP contribution is 2.40. The molecule has 3 aromatic heterocycles. The van der Waals surface area contributed by atoms with Crippen molar-refractivity contribution in [1.82, 2.24) is 15.0 Å². The third-order valence-electron chi connectivity index (χ3n) is 5.18. The number of thiophene rings is 1. The number of hydrogen-bond donors (Lipinski definition) is 2. The second kappa shape index (κ2) is 7.35. The van der Waals surface area contributed by atoms with E-state index >= 15 is 0 Å². The summed E-state index contributed by atoms with van der Waals surface area (Å²) in [5.74, 6) is 0.480. The summed E-state index contributed by atoms with van der Waals surface area (Å²) in [6, 6.07) is 14.3. The highest BCUT2D eigenvalue weighted by atomic mass is 32.1. The Morgan fingerprint density at radius 2 is 1.90 bits per heavy atom. The minimum atomic E-state index is -0.00335. The molecule has 0 saturated heterocycles. The first kappa shape index (κ1) is 18.4. The van der Waals surface area contributed by atoms with E-state index in [-0.39, 0.29) is 5.88 Å². The molecule has 30 heavy (non-hydrogen) atoms. The maximum absolute atomic E-state index is 10.4. The number of nitrogens with zero attached hydrogens (tertiary/aromatic N) is 4. The molecule has 0 saturated carbocycles. The van der Waals surface area contributed by atoms with Crippen molar-refractivity contribution in [3.63, 3.8) is 0 Å². The van der Waals surface area contributed by atoms with Gasteiger partial charge in [0.1, 0.15) is 11.2 Å². The van der Waals surface area contributed by atoms with E-state index < -0.39 is 0 Å². The Morgan fingerprint density at radius 1 is 1.07 bits per heavy atom. The number of hydrogen-bond acceptors (Lipinski definition) is 6. The van der Waals surface area contributed by atoms with Crippen molar-refractivity contribution < 1.29 is 5.11 Å². The summed E-state index contributed by atoms with van der Waals surface area (Å²) in [7, 11) is 0. The van der Waals surface area contributed by atoms with Crippen molar-refractivity contribution in [2.45, 2.75) is 20.3 Å². The van der Waals surface area contributed by atoms with E-state index in [9.17, 15) is 5.11 Å². The lowest BCUT2D eigenvalue weighted by molar-refractivity contribution is 0.459. The largest absolute Gasteiger partial charge is 0.493 e. The first-order valence-electron chi connectivity index (χ1n) is 9.68. The Labute approximate surface area is 177 Å². The van der Waals surface area contributed by atoms with E-state index in [1.807, 2.05) is 18.2 Å². The van der Waals surface area contributed by atoms with Gasteiger partial charge in [-0.2, -0.15) is 0 Å². The summed E-state index contributed by atoms with van der Waals surface area (Å²) >= 11 is 1.55. The van der Waals surface area contributed by atoms with Gasteiger partial charge in [0.15, 0.2) is 11.5 Å². The van der Waals surface area contributed by atoms with Crippen molar-refractivity contribution in [3.05, 3.63) is 65.3 Å². The predicted molar refractivity (Wildman–Crippen MR) is 121 cm³/mol. The Balaban J connectivity index is 1.63. The van der Waals surface area contributed by atoms with Gasteiger partial charge in [-0.15, -0.1) is 21.6 Å². The highest BCUT2D eigenvalue weighted by molar-refractivity contribution is 7.17. The molecule has 5 rings (SSSR count). The fourth-order valence-electron chi connectivity index (χ4n) is 3.51. The molecule has 0 aliphatic heterocycles. The summed E-state index contributed by atoms with van der Waals surface area (Å²) in [6.45, 7) is 4.16. The molecule has 6 nitrogen and oxygen atoms in total. The van der Waals surface area contributed by atoms with Gasteiger partial charge in [-0.1, -0.05) is 42.8 Å². The standard InChI is InChI=1S/C23H19N5OS/c1-3-14-6-9-18-16(10-14)20(22(29)26-18)27-28-21-19-17(11-30-23(19)25-12-24-21)15-7-4-13(2)5-8-15/h4-12,26,29H,3H2,1-2H3. The fraction of sp³-hybridized carbons (Fsp3) is 0.130. The lowest BCUT2D eigenvalue weighted by Crippen LogP contribution is -1.82. The lowest BCUT2D eigenvalue weighted by atomic mass is 10.0. The number of fused-ring (bicyclic) bond motifs is 2. The van der Waals surface area contributed by atoms with E-state index in [1.165, 1.54) is 17.5 Å². The van der Waals surface area contributed by atoms with Crippen LogP contribution < -0.4 is 0 Å². The predicted octanol–water partition coefficient (Wildman–Crippen LogP) is 6.83. The molecule has 0 unspecified atom stereocenters. The van der Waals surface area contributed by atoms with E-state index in [4.69, 9.17) is 0 Å². The number of benzene rings is 2. The van der Waals surface area contributed by atoms with Crippen LogP contribution in [0.25, 0.3) is 32.2 Å². The van der Waals surface area contributed by atoms with Crippen LogP contribution in [0.15, 0.2) is 64.4 Å². The fourth-order valence-corrected chi connectivity index (χ4v) is 4.42. The van der Waals surface area contributed by atoms with Crippen LogP contribution in [0, 0.1) is 6.92 Å². The summed E-state index contributed by atoms with van der Waals surface area (Å²) < 4.78 is 0. The van der Waals surface area contributed by atoms with Crippen molar-refractivity contribution in [2.24, 2.45) is 10.2 Å². The van der Waals surface area contributed by atoms with Gasteiger partial charge in [-0.25, -0.2) is 9.97 Å². The van der Waals surface area contributed by atoms with Crippen LogP contribution in [-0.2, 0) is 6.42 Å². The van der Waals surface area contributed by atoms with E-state index in [0.717, 1.165) is 38.7 Å². The number of azo groups is 1. The van der Waals surface area contributed by atoms with Gasteiger partial charge >= 0.3 is 0 Å². The summed E-state index contributed by atoms with van der Waals surface area (Å²) in [6.07, 6.45) is 2.40. The quantitative estimate of drug-likeness (QED) is 0.317. The normalized spacial score (nSPS) is 11.8. The van der Waals surface area contributed by atoms with Crippen molar-refractivity contribution >= 4 is 44.0 Å². The minimum absolute atomic E-state index is 0.00335. The van der Waals surface area contributed by atoms with Crippen LogP contribution in [0.4, 0.5) is 11.5 Å².